The lowest BCUT2D eigenvalue weighted by atomic mass is 9.82. The van der Waals surface area contributed by atoms with Crippen molar-refractivity contribution < 1.29 is 64.1 Å². The molecule has 1 aromatic rings. The minimum atomic E-state index is -0.814. The summed E-state index contributed by atoms with van der Waals surface area (Å²) in [6.45, 7) is 12.1. The molecule has 0 amide bonds. The molecule has 462 valence electrons. The Bertz CT molecular complexity index is 2620. The van der Waals surface area contributed by atoms with Gasteiger partial charge in [0.15, 0.2) is 0 Å². The molecule has 13 heteroatoms. The number of hydrogen-bond acceptors (Lipinski definition) is 12. The van der Waals surface area contributed by atoms with Crippen LogP contribution >= 0.6 is 0 Å². The average Bonchev–Trinajstić information content (AvgIpc) is 4.43. The Morgan fingerprint density at radius 3 is 1.65 bits per heavy atom. The van der Waals surface area contributed by atoms with Crippen molar-refractivity contribution in [3.8, 4) is 66.5 Å². The number of carbonyl (C=O) groups excluding carboxylic acids is 4. The second-order valence-corrected chi connectivity index (χ2v) is 21.3. The summed E-state index contributed by atoms with van der Waals surface area (Å²) in [4.78, 5) is 43.4. The molecule has 1 unspecified atom stereocenters. The lowest BCUT2D eigenvalue weighted by Gasteiger charge is -2.23. The smallest absolute Gasteiger partial charge is 0.130 e. The molecule has 0 spiro atoms. The van der Waals surface area contributed by atoms with E-state index in [1.54, 1.807) is 99.8 Å². The van der Waals surface area contributed by atoms with Crippen LogP contribution in [0.5, 0.6) is 5.75 Å². The van der Waals surface area contributed by atoms with Crippen LogP contribution in [0.15, 0.2) is 133 Å². The molecule has 0 aliphatic heterocycles. The number of aliphatic hydroxyl groups is 7. The van der Waals surface area contributed by atoms with Gasteiger partial charge in [0.1, 0.15) is 53.5 Å². The summed E-state index contributed by atoms with van der Waals surface area (Å²) in [7, 11) is 0. The molecule has 1 saturated carbocycles. The Labute approximate surface area is 508 Å². The predicted octanol–water partition coefficient (Wildman–Crippen LogP) is 10.9. The van der Waals surface area contributed by atoms with Gasteiger partial charge >= 0.3 is 0 Å². The molecular formula is C72H95FO12. The van der Waals surface area contributed by atoms with Gasteiger partial charge in [-0.3, -0.25) is 0 Å². The van der Waals surface area contributed by atoms with Crippen LogP contribution in [-0.4, -0.2) is 108 Å². The normalized spacial score (nSPS) is 16.4. The number of rotatable bonds is 34. The second kappa shape index (κ2) is 51.2. The van der Waals surface area contributed by atoms with Gasteiger partial charge in [0.2, 0.25) is 0 Å². The third kappa shape index (κ3) is 54.5. The van der Waals surface area contributed by atoms with Crippen LogP contribution < -0.4 is 4.74 Å². The SMILES string of the molecule is C#CC[C@@H](O)/C=C/C=C/C#CCCCCC(C)=O.C#CC[C@@H](O)/C=C/C=C/C(C)=C\C(O)CCCC(C)=O.C#CC[C@@H](O)/C=C/C=C/[C@@H]1C[C@@H]1[C@@H](O)CCCC(C)=O.CC(=O)CC(C)(C)C[C@H](O)C#C/C=C/C=C/[C@H](O)COc1ccc(F)cc1. The van der Waals surface area contributed by atoms with E-state index < -0.39 is 36.6 Å². The number of ketones is 4. The maximum absolute atomic E-state index is 12.8. The molecule has 1 aliphatic rings. The number of Topliss-reactive ketones (excluding diaryl/α,β-unsaturated/α-hetero) is 4. The zero-order valence-electron chi connectivity index (χ0n) is 51.1. The zero-order valence-corrected chi connectivity index (χ0v) is 51.1. The molecule has 2 rings (SSSR count). The van der Waals surface area contributed by atoms with Crippen LogP contribution in [0.4, 0.5) is 4.39 Å². The maximum atomic E-state index is 12.8. The Morgan fingerprint density at radius 2 is 1.12 bits per heavy atom. The quantitative estimate of drug-likeness (QED) is 0.0195. The van der Waals surface area contributed by atoms with E-state index in [0.29, 0.717) is 88.2 Å². The van der Waals surface area contributed by atoms with Gasteiger partial charge in [-0.2, -0.15) is 0 Å². The molecule has 85 heavy (non-hydrogen) atoms. The van der Waals surface area contributed by atoms with Crippen molar-refractivity contribution >= 4 is 23.1 Å². The van der Waals surface area contributed by atoms with Gasteiger partial charge in [-0.05, 0) is 140 Å². The van der Waals surface area contributed by atoms with Crippen LogP contribution in [0.2, 0.25) is 0 Å². The lowest BCUT2D eigenvalue weighted by Crippen LogP contribution is -2.22. The zero-order chi connectivity index (χ0) is 64.3. The Balaban J connectivity index is 0. The predicted molar refractivity (Wildman–Crippen MR) is 340 cm³/mol. The monoisotopic (exact) mass is 1170 g/mol. The van der Waals surface area contributed by atoms with Crippen molar-refractivity contribution in [1.29, 1.82) is 0 Å². The van der Waals surface area contributed by atoms with Crippen molar-refractivity contribution in [2.75, 3.05) is 6.61 Å². The first kappa shape index (κ1) is 79.9. The van der Waals surface area contributed by atoms with E-state index in [0.717, 1.165) is 37.7 Å². The fourth-order valence-corrected chi connectivity index (χ4v) is 7.58. The van der Waals surface area contributed by atoms with Crippen molar-refractivity contribution in [1.82, 2.24) is 0 Å². The number of benzene rings is 1. The number of terminal acetylenes is 3. The fraction of sp³-hybridized carbons (Fsp3) is 0.472. The Morgan fingerprint density at radius 1 is 0.624 bits per heavy atom. The van der Waals surface area contributed by atoms with E-state index in [1.165, 1.54) is 37.3 Å². The standard InChI is InChI=1S/C22H27FO4.2C17H24O3.C16H20O2/c1-17(24)14-22(2,3)15-19(25)8-6-4-5-7-9-20(26)16-27-21-12-10-18(23)11-13-21;1-3-7-15(19)10-5-4-9-14-12-16(14)17(20)11-6-8-13(2)18;1-4-8-16(19)11-6-5-9-14(2)13-17(20)12-7-10-15(3)18;1-3-12-16(18)14-11-9-7-5-4-6-8-10-13-15(2)17/h4-5,7,9-13,19-20,25-26H,14-16H2,1-3H3;1,4-5,9-10,14-17,19-20H,6-8,11-12H2,2H3;1,5-6,9,11,13,16-17,19-20H,7-8,10,12H2,2-3H3;1,7,9,11,14,16,18H,6,8,10,12-13H2,2H3/b5-4+,9-7+;9-4+,10-5+;9-5+,11-6+,14-13-;9-7+,14-11+/t19-,20+;14-,15-,16+,17+;16-,17?;16-/m1111/s1. The summed E-state index contributed by atoms with van der Waals surface area (Å²) in [5.41, 5.74) is 0.634. The molecule has 1 aliphatic carbocycles. The van der Waals surface area contributed by atoms with Gasteiger partial charge in [0.25, 0.3) is 0 Å². The maximum Gasteiger partial charge on any atom is 0.130 e. The van der Waals surface area contributed by atoms with Gasteiger partial charge in [-0.1, -0.05) is 134 Å². The molecule has 12 nitrogen and oxygen atoms in total. The molecule has 0 heterocycles. The fourth-order valence-electron chi connectivity index (χ4n) is 7.58. The third-order valence-corrected chi connectivity index (χ3v) is 11.9. The van der Waals surface area contributed by atoms with E-state index in [1.807, 2.05) is 32.9 Å². The molecule has 0 bridgehead atoms. The first-order valence-electron chi connectivity index (χ1n) is 28.8. The van der Waals surface area contributed by atoms with Gasteiger partial charge in [0.05, 0.1) is 30.5 Å². The summed E-state index contributed by atoms with van der Waals surface area (Å²) in [6, 6.07) is 5.55. The Hall–Kier alpha value is -7.19. The van der Waals surface area contributed by atoms with Crippen molar-refractivity contribution in [3.05, 3.63) is 139 Å². The highest BCUT2D eigenvalue weighted by Crippen LogP contribution is 2.43. The van der Waals surface area contributed by atoms with Crippen molar-refractivity contribution in [2.24, 2.45) is 17.3 Å². The number of carbonyl (C=O) groups is 4. The molecule has 1 aromatic carbocycles. The van der Waals surface area contributed by atoms with Crippen molar-refractivity contribution in [3.63, 3.8) is 0 Å². The topological polar surface area (TPSA) is 219 Å². The number of ether oxygens (including phenoxy) is 1. The molecule has 9 atom stereocenters. The van der Waals surface area contributed by atoms with Gasteiger partial charge in [0, 0.05) is 51.4 Å². The molecular weight excluding hydrogens is 1080 g/mol. The first-order valence-corrected chi connectivity index (χ1v) is 28.8. The summed E-state index contributed by atoms with van der Waals surface area (Å²) in [6.07, 6.45) is 50.2. The summed E-state index contributed by atoms with van der Waals surface area (Å²) >= 11 is 0. The van der Waals surface area contributed by atoms with Crippen LogP contribution in [0.25, 0.3) is 0 Å². The number of hydrogen-bond donors (Lipinski definition) is 7. The molecule has 0 saturated heterocycles. The van der Waals surface area contributed by atoms with Gasteiger partial charge in [-0.25, -0.2) is 4.39 Å². The number of unbranched alkanes of at least 4 members (excludes halogenated alkanes) is 2. The van der Waals surface area contributed by atoms with Crippen LogP contribution in [-0.2, 0) is 19.2 Å². The van der Waals surface area contributed by atoms with Crippen molar-refractivity contribution in [2.45, 2.75) is 194 Å². The molecule has 7 N–H and O–H groups in total. The minimum absolute atomic E-state index is 0.0472. The van der Waals surface area contributed by atoms with Crippen LogP contribution in [0.3, 0.4) is 0 Å². The van der Waals surface area contributed by atoms with E-state index in [9.17, 15) is 59.3 Å². The Kier molecular flexibility index (Phi) is 48.2. The summed E-state index contributed by atoms with van der Waals surface area (Å²) in [5.74, 6) is 20.0. The van der Waals surface area contributed by atoms with Crippen LogP contribution in [0, 0.1) is 83.8 Å². The molecule has 1 fully saturated rings. The van der Waals surface area contributed by atoms with E-state index in [-0.39, 0.29) is 47.1 Å². The number of aliphatic hydroxyl groups excluding tert-OH is 7. The third-order valence-electron chi connectivity index (χ3n) is 11.9. The van der Waals surface area contributed by atoms with E-state index in [2.05, 4.69) is 47.5 Å². The summed E-state index contributed by atoms with van der Waals surface area (Å²) in [5, 5.41) is 67.4. The highest BCUT2D eigenvalue weighted by molar-refractivity contribution is 5.76. The number of allylic oxidation sites excluding steroid dienone is 13. The second-order valence-electron chi connectivity index (χ2n) is 21.3. The highest BCUT2D eigenvalue weighted by Gasteiger charge is 2.39. The van der Waals surface area contributed by atoms with E-state index in [4.69, 9.17) is 24.0 Å². The largest absolute Gasteiger partial charge is 0.491 e. The van der Waals surface area contributed by atoms with Gasteiger partial charge < -0.3 is 59.7 Å². The number of halogens is 1. The average molecular weight is 1170 g/mol. The highest BCUT2D eigenvalue weighted by atomic mass is 19.1. The lowest BCUT2D eigenvalue weighted by molar-refractivity contribution is -0.119. The summed E-state index contributed by atoms with van der Waals surface area (Å²) < 4.78 is 18.1. The molecule has 0 radical (unpaired) electrons. The minimum Gasteiger partial charge on any atom is -0.491 e. The first-order chi connectivity index (χ1) is 40.3. The van der Waals surface area contributed by atoms with E-state index >= 15 is 0 Å². The van der Waals surface area contributed by atoms with Crippen LogP contribution in [0.1, 0.15) is 151 Å². The molecule has 0 aromatic heterocycles. The van der Waals surface area contributed by atoms with Gasteiger partial charge in [-0.15, -0.1) is 37.0 Å².